The monoisotopic (exact) mass is 721 g/mol. The van der Waals surface area contributed by atoms with Crippen LogP contribution >= 0.6 is 11.6 Å². The fourth-order valence-electron chi connectivity index (χ4n) is 8.82. The van der Waals surface area contributed by atoms with Gasteiger partial charge in [0.2, 0.25) is 5.91 Å². The van der Waals surface area contributed by atoms with Gasteiger partial charge in [-0.1, -0.05) is 37.6 Å². The molecule has 11 heteroatoms. The molecule has 2 aromatic carbocycles. The molecule has 3 atom stereocenters. The van der Waals surface area contributed by atoms with Gasteiger partial charge in [0.15, 0.2) is 9.84 Å². The van der Waals surface area contributed by atoms with Gasteiger partial charge in [0.1, 0.15) is 11.3 Å². The first kappa shape index (κ1) is 36.2. The number of pyridine rings is 1. The topological polar surface area (TPSA) is 149 Å². The summed E-state index contributed by atoms with van der Waals surface area (Å²) in [6, 6.07) is 14.5. The second-order valence-electron chi connectivity index (χ2n) is 14.9. The first-order valence-corrected chi connectivity index (χ1v) is 19.9. The summed E-state index contributed by atoms with van der Waals surface area (Å²) in [6.07, 6.45) is 8.78. The number of nitrogens with two attached hydrogens (primary N) is 1. The van der Waals surface area contributed by atoms with Gasteiger partial charge in [0, 0.05) is 34.6 Å². The van der Waals surface area contributed by atoms with E-state index in [2.05, 4.69) is 24.1 Å². The second-order valence-corrected chi connectivity index (χ2v) is 17.4. The molecule has 4 N–H and O–H groups in total. The van der Waals surface area contributed by atoms with Crippen molar-refractivity contribution in [2.45, 2.75) is 106 Å². The number of hydrogen-bond donors (Lipinski definition) is 3. The van der Waals surface area contributed by atoms with Gasteiger partial charge in [0.25, 0.3) is 0 Å². The maximum atomic E-state index is 13.4. The van der Waals surface area contributed by atoms with Crippen LogP contribution < -0.4 is 15.8 Å². The lowest BCUT2D eigenvalue weighted by Crippen LogP contribution is -2.53. The van der Waals surface area contributed by atoms with Crippen LogP contribution in [-0.2, 0) is 37.7 Å². The van der Waals surface area contributed by atoms with Crippen molar-refractivity contribution in [2.24, 2.45) is 17.6 Å². The Morgan fingerprint density at radius 2 is 1.92 bits per heavy atom. The Balaban J connectivity index is 1.27. The number of rotatable bonds is 13. The van der Waals surface area contributed by atoms with E-state index in [4.69, 9.17) is 22.1 Å². The number of ether oxygens (including phenoxy) is 1. The van der Waals surface area contributed by atoms with Crippen LogP contribution in [0.3, 0.4) is 0 Å². The number of carboxylic acid groups (broad SMARTS) is 1. The molecule has 9 nitrogen and oxygen atoms in total. The van der Waals surface area contributed by atoms with Gasteiger partial charge in [-0.3, -0.25) is 9.78 Å². The van der Waals surface area contributed by atoms with Crippen LogP contribution in [-0.4, -0.2) is 48.3 Å². The Labute approximate surface area is 300 Å². The van der Waals surface area contributed by atoms with E-state index in [1.807, 2.05) is 30.5 Å². The average Bonchev–Trinajstić information content (AvgIpc) is 3.36. The number of anilines is 1. The van der Waals surface area contributed by atoms with Crippen molar-refractivity contribution in [1.29, 1.82) is 0 Å². The van der Waals surface area contributed by atoms with Gasteiger partial charge in [0.05, 0.1) is 17.3 Å². The molecule has 0 saturated heterocycles. The highest BCUT2D eigenvalue weighted by Gasteiger charge is 2.54. The molecular weight excluding hydrogens is 674 g/mol. The zero-order valence-corrected chi connectivity index (χ0v) is 30.5. The zero-order chi connectivity index (χ0) is 35.7. The summed E-state index contributed by atoms with van der Waals surface area (Å²) in [7, 11) is -3.66. The number of aromatic nitrogens is 1. The maximum Gasteiger partial charge on any atom is 0.329 e. The summed E-state index contributed by atoms with van der Waals surface area (Å²) in [5.41, 5.74) is 8.82. The van der Waals surface area contributed by atoms with Gasteiger partial charge in [-0.15, -0.1) is 0 Å². The van der Waals surface area contributed by atoms with Gasteiger partial charge in [-0.2, -0.15) is 0 Å². The average molecular weight is 722 g/mol. The van der Waals surface area contributed by atoms with Crippen LogP contribution in [0.2, 0.25) is 5.02 Å². The predicted molar refractivity (Wildman–Crippen MR) is 195 cm³/mol. The van der Waals surface area contributed by atoms with Crippen molar-refractivity contribution < 1.29 is 27.9 Å². The van der Waals surface area contributed by atoms with Crippen LogP contribution in [0, 0.1) is 11.8 Å². The minimum atomic E-state index is -3.66. The molecule has 50 heavy (non-hydrogen) atoms. The Morgan fingerprint density at radius 3 is 2.64 bits per heavy atom. The SMILES string of the molecule is C[C@@H](COc1ccnc2c1[C@H](C)CCC2)CC1Cc2ccc(S(=O)(=O)CCCC(N)=O)cc2C12CCC(Nc1cccc(Cl)c1)(C(=O)O)CC2. The van der Waals surface area contributed by atoms with Crippen LogP contribution in [0.1, 0.15) is 99.9 Å². The first-order valence-electron chi connectivity index (χ1n) is 17.8. The number of carbonyl (C=O) groups is 2. The number of aryl methyl sites for hydroxylation is 1. The fraction of sp³-hybridized carbons (Fsp3) is 0.513. The summed E-state index contributed by atoms with van der Waals surface area (Å²) >= 11 is 6.24. The molecule has 1 heterocycles. The summed E-state index contributed by atoms with van der Waals surface area (Å²) < 4.78 is 33.4. The number of carboxylic acids is 1. The molecule has 1 fully saturated rings. The smallest absolute Gasteiger partial charge is 0.329 e. The minimum Gasteiger partial charge on any atom is -0.493 e. The highest BCUT2D eigenvalue weighted by molar-refractivity contribution is 7.91. The number of nitrogens with zero attached hydrogens (tertiary/aromatic N) is 1. The summed E-state index contributed by atoms with van der Waals surface area (Å²) in [4.78, 5) is 29.1. The number of nitrogens with one attached hydrogen (secondary N) is 1. The summed E-state index contributed by atoms with van der Waals surface area (Å²) in [6.45, 7) is 4.98. The van der Waals surface area contributed by atoms with Gasteiger partial charge in [-0.25, -0.2) is 13.2 Å². The highest BCUT2D eigenvalue weighted by atomic mass is 35.5. The molecule has 3 aliphatic carbocycles. The number of carbonyl (C=O) groups excluding carboxylic acids is 1. The van der Waals surface area contributed by atoms with E-state index in [0.29, 0.717) is 48.9 Å². The summed E-state index contributed by atoms with van der Waals surface area (Å²) in [5.74, 6) is 0.0912. The lowest BCUT2D eigenvalue weighted by Gasteiger charge is -2.47. The number of fused-ring (bicyclic) bond motifs is 3. The van der Waals surface area contributed by atoms with E-state index in [1.54, 1.807) is 24.3 Å². The van der Waals surface area contributed by atoms with Crippen molar-refractivity contribution in [3.63, 3.8) is 0 Å². The fourth-order valence-corrected chi connectivity index (χ4v) is 10.3. The Bertz CT molecular complexity index is 1860. The summed E-state index contributed by atoms with van der Waals surface area (Å²) in [5, 5.41) is 14.4. The van der Waals surface area contributed by atoms with Crippen molar-refractivity contribution in [2.75, 3.05) is 17.7 Å². The maximum absolute atomic E-state index is 13.4. The molecule has 0 aliphatic heterocycles. The van der Waals surface area contributed by atoms with Crippen molar-refractivity contribution >= 4 is 39.0 Å². The molecule has 1 spiro atoms. The van der Waals surface area contributed by atoms with Crippen LogP contribution in [0.5, 0.6) is 5.75 Å². The molecule has 268 valence electrons. The lowest BCUT2D eigenvalue weighted by atomic mass is 9.59. The first-order chi connectivity index (χ1) is 23.8. The van der Waals surface area contributed by atoms with Crippen molar-refractivity contribution in [1.82, 2.24) is 4.98 Å². The molecule has 1 aromatic heterocycles. The van der Waals surface area contributed by atoms with Crippen LogP contribution in [0.4, 0.5) is 5.69 Å². The van der Waals surface area contributed by atoms with E-state index in [-0.39, 0.29) is 35.3 Å². The number of sulfone groups is 1. The van der Waals surface area contributed by atoms with Gasteiger partial charge < -0.3 is 20.9 Å². The van der Waals surface area contributed by atoms with Gasteiger partial charge in [-0.05, 0) is 135 Å². The van der Waals surface area contributed by atoms with Crippen molar-refractivity contribution in [3.05, 3.63) is 82.1 Å². The molecule has 0 radical (unpaired) electrons. The van der Waals surface area contributed by atoms with E-state index >= 15 is 0 Å². The molecule has 0 bridgehead atoms. The Kier molecular flexibility index (Phi) is 10.5. The highest BCUT2D eigenvalue weighted by Crippen LogP contribution is 2.56. The number of primary amides is 1. The molecule has 1 amide bonds. The largest absolute Gasteiger partial charge is 0.493 e. The van der Waals surface area contributed by atoms with E-state index < -0.39 is 32.7 Å². The number of halogens is 1. The predicted octanol–water partition coefficient (Wildman–Crippen LogP) is 7.24. The molecule has 1 saturated carbocycles. The third-order valence-electron chi connectivity index (χ3n) is 11.5. The van der Waals surface area contributed by atoms with Crippen LogP contribution in [0.25, 0.3) is 0 Å². The number of amides is 1. The molecule has 3 aliphatic rings. The quantitative estimate of drug-likeness (QED) is 0.167. The standard InChI is InChI=1S/C39H48ClN3O6S/c1-25(24-49-34-13-18-42-33-9-3-6-26(2)36(33)34)20-28-21-27-11-12-31(50(47,48)19-5-10-35(41)44)23-32(27)38(28)14-16-39(17-15-38,37(45)46)43-30-8-4-7-29(40)22-30/h4,7-8,11-13,18,22-23,25-26,28,43H,3,5-6,9-10,14-17,19-21,24H2,1-2H3,(H2,41,44)(H,45,46)/t25-,26-,28?,38?,39?/m1/s1. The number of hydrogen-bond acceptors (Lipinski definition) is 7. The Morgan fingerprint density at radius 1 is 1.14 bits per heavy atom. The van der Waals surface area contributed by atoms with E-state index in [0.717, 1.165) is 54.7 Å². The number of benzene rings is 2. The number of aliphatic carboxylic acids is 1. The van der Waals surface area contributed by atoms with Gasteiger partial charge >= 0.3 is 5.97 Å². The third kappa shape index (κ3) is 7.38. The Hall–Kier alpha value is -3.63. The molecule has 6 rings (SSSR count). The van der Waals surface area contributed by atoms with Crippen LogP contribution in [0.15, 0.2) is 59.6 Å². The minimum absolute atomic E-state index is 0.00819. The molecule has 1 unspecified atom stereocenters. The molecular formula is C39H48ClN3O6S. The lowest BCUT2D eigenvalue weighted by molar-refractivity contribution is -0.144. The third-order valence-corrected chi connectivity index (χ3v) is 13.5. The second kappa shape index (κ2) is 14.5. The normalized spacial score (nSPS) is 25.0. The zero-order valence-electron chi connectivity index (χ0n) is 28.9. The van der Waals surface area contributed by atoms with E-state index in [1.165, 1.54) is 5.56 Å². The van der Waals surface area contributed by atoms with Crippen molar-refractivity contribution in [3.8, 4) is 5.75 Å². The molecule has 3 aromatic rings. The van der Waals surface area contributed by atoms with E-state index in [9.17, 15) is 23.1 Å².